The Morgan fingerprint density at radius 1 is 1.17 bits per heavy atom. The van der Waals surface area contributed by atoms with E-state index in [2.05, 4.69) is 13.8 Å². The second-order valence-electron chi connectivity index (χ2n) is 3.77. The molecule has 0 radical (unpaired) electrons. The highest BCUT2D eigenvalue weighted by atomic mass is 28.4. The summed E-state index contributed by atoms with van der Waals surface area (Å²) in [5.74, 6) is 0. The van der Waals surface area contributed by atoms with Crippen molar-refractivity contribution in [3.8, 4) is 0 Å². The fourth-order valence-corrected chi connectivity index (χ4v) is 4.40. The van der Waals surface area contributed by atoms with Gasteiger partial charge < -0.3 is 13.3 Å². The van der Waals surface area contributed by atoms with Crippen LogP contribution < -0.4 is 0 Å². The van der Waals surface area contributed by atoms with Crippen LogP contribution in [0.1, 0.15) is 26.7 Å². The highest BCUT2D eigenvalue weighted by Gasteiger charge is 2.51. The molecule has 2 rings (SSSR count). The van der Waals surface area contributed by atoms with Gasteiger partial charge in [0.2, 0.25) is 0 Å². The molecule has 0 aromatic rings. The smallest absolute Gasteiger partial charge is 0.373 e. The van der Waals surface area contributed by atoms with Crippen LogP contribution in [0, 0.1) is 0 Å². The first-order valence-electron chi connectivity index (χ1n) is 4.69. The molecule has 0 aromatic carbocycles. The monoisotopic (exact) mass is 188 g/mol. The summed E-state index contributed by atoms with van der Waals surface area (Å²) in [5.41, 5.74) is 0.403. The van der Waals surface area contributed by atoms with E-state index >= 15 is 0 Å². The molecule has 2 heterocycles. The molecule has 0 amide bonds. The quantitative estimate of drug-likeness (QED) is 0.584. The summed E-state index contributed by atoms with van der Waals surface area (Å²) < 4.78 is 17.3. The fraction of sp³-hybridized carbons (Fsp3) is 1.00. The van der Waals surface area contributed by atoms with Gasteiger partial charge in [0.25, 0.3) is 0 Å². The minimum absolute atomic E-state index is 0.403. The van der Waals surface area contributed by atoms with E-state index in [0.29, 0.717) is 11.6 Å². The van der Waals surface area contributed by atoms with E-state index in [9.17, 15) is 0 Å². The second kappa shape index (κ2) is 3.10. The lowest BCUT2D eigenvalue weighted by Crippen LogP contribution is -2.58. The van der Waals surface area contributed by atoms with Crippen molar-refractivity contribution in [1.29, 1.82) is 0 Å². The van der Waals surface area contributed by atoms with Crippen LogP contribution in [-0.4, -0.2) is 28.1 Å². The van der Waals surface area contributed by atoms with E-state index in [1.54, 1.807) is 0 Å². The van der Waals surface area contributed by atoms with E-state index < -0.39 is 8.80 Å². The summed E-state index contributed by atoms with van der Waals surface area (Å²) >= 11 is 0. The van der Waals surface area contributed by atoms with E-state index in [1.807, 2.05) is 0 Å². The van der Waals surface area contributed by atoms with Crippen LogP contribution in [0.2, 0.25) is 5.54 Å². The van der Waals surface area contributed by atoms with Crippen molar-refractivity contribution in [2.45, 2.75) is 38.3 Å². The molecule has 0 atom stereocenters. The Labute approximate surface area is 74.4 Å². The molecule has 0 aromatic heterocycles. The van der Waals surface area contributed by atoms with Gasteiger partial charge in [-0.25, -0.2) is 0 Å². The van der Waals surface area contributed by atoms with Gasteiger partial charge in [-0.3, -0.25) is 0 Å². The van der Waals surface area contributed by atoms with Crippen molar-refractivity contribution in [3.05, 3.63) is 0 Å². The zero-order valence-electron chi connectivity index (χ0n) is 7.71. The largest absolute Gasteiger partial charge is 0.503 e. The lowest BCUT2D eigenvalue weighted by atomic mass is 10.2. The SMILES string of the molecule is CC(C)[Si]12OCCC(CCO1)O2. The third-order valence-electron chi connectivity index (χ3n) is 2.52. The van der Waals surface area contributed by atoms with Gasteiger partial charge in [0, 0.05) is 18.8 Å². The first-order valence-corrected chi connectivity index (χ1v) is 6.49. The third-order valence-corrected chi connectivity index (χ3v) is 5.81. The number of rotatable bonds is 1. The van der Waals surface area contributed by atoms with E-state index in [4.69, 9.17) is 13.3 Å². The molecule has 2 bridgehead atoms. The van der Waals surface area contributed by atoms with E-state index in [1.165, 1.54) is 0 Å². The molecule has 2 fully saturated rings. The van der Waals surface area contributed by atoms with Crippen molar-refractivity contribution in [2.75, 3.05) is 13.2 Å². The zero-order chi connectivity index (χ0) is 8.60. The average Bonchev–Trinajstić information content (AvgIpc) is 2.04. The first-order chi connectivity index (χ1) is 5.73. The maximum absolute atomic E-state index is 5.87. The number of hydrogen-bond acceptors (Lipinski definition) is 3. The van der Waals surface area contributed by atoms with E-state index in [-0.39, 0.29) is 0 Å². The molecule has 3 nitrogen and oxygen atoms in total. The summed E-state index contributed by atoms with van der Waals surface area (Å²) in [6, 6.07) is 0. The minimum atomic E-state index is -2.21. The average molecular weight is 188 g/mol. The maximum Gasteiger partial charge on any atom is 0.503 e. The van der Waals surface area contributed by atoms with Gasteiger partial charge in [-0.1, -0.05) is 13.8 Å². The number of fused-ring (bicyclic) bond motifs is 2. The van der Waals surface area contributed by atoms with Crippen molar-refractivity contribution in [1.82, 2.24) is 0 Å². The molecule has 2 aliphatic rings. The van der Waals surface area contributed by atoms with Crippen LogP contribution in [-0.2, 0) is 13.3 Å². The van der Waals surface area contributed by atoms with Gasteiger partial charge in [-0.15, -0.1) is 0 Å². The van der Waals surface area contributed by atoms with Gasteiger partial charge in [-0.2, -0.15) is 0 Å². The lowest BCUT2D eigenvalue weighted by Gasteiger charge is -2.43. The summed E-state index contributed by atoms with van der Waals surface area (Å²) in [6.07, 6.45) is 2.51. The molecule has 0 N–H and O–H groups in total. The Morgan fingerprint density at radius 2 is 1.75 bits per heavy atom. The Morgan fingerprint density at radius 3 is 2.17 bits per heavy atom. The Kier molecular flexibility index (Phi) is 2.24. The number of hydrogen-bond donors (Lipinski definition) is 0. The highest BCUT2D eigenvalue weighted by Crippen LogP contribution is 2.34. The molecule has 2 saturated heterocycles. The van der Waals surface area contributed by atoms with Gasteiger partial charge >= 0.3 is 8.80 Å². The summed E-state index contributed by atoms with van der Waals surface area (Å²) in [7, 11) is -2.21. The molecule has 2 aliphatic heterocycles. The van der Waals surface area contributed by atoms with Crippen molar-refractivity contribution >= 4 is 8.80 Å². The van der Waals surface area contributed by atoms with Gasteiger partial charge in [-0.05, 0) is 12.8 Å². The van der Waals surface area contributed by atoms with Gasteiger partial charge in [0.15, 0.2) is 0 Å². The van der Waals surface area contributed by atoms with Crippen molar-refractivity contribution < 1.29 is 13.3 Å². The summed E-state index contributed by atoms with van der Waals surface area (Å²) in [4.78, 5) is 0. The van der Waals surface area contributed by atoms with Gasteiger partial charge in [0.1, 0.15) is 0 Å². The van der Waals surface area contributed by atoms with Crippen LogP contribution >= 0.6 is 0 Å². The second-order valence-corrected chi connectivity index (χ2v) is 6.95. The molecule has 0 saturated carbocycles. The Bertz CT molecular complexity index is 162. The van der Waals surface area contributed by atoms with Crippen LogP contribution in [0.4, 0.5) is 0 Å². The third kappa shape index (κ3) is 1.33. The predicted molar refractivity (Wildman–Crippen MR) is 46.9 cm³/mol. The summed E-state index contributed by atoms with van der Waals surface area (Å²) in [6.45, 7) is 5.91. The van der Waals surface area contributed by atoms with Crippen LogP contribution in [0.15, 0.2) is 0 Å². The van der Waals surface area contributed by atoms with Crippen LogP contribution in [0.3, 0.4) is 0 Å². The lowest BCUT2D eigenvalue weighted by molar-refractivity contribution is -0.0665. The molecule has 70 valence electrons. The fourth-order valence-electron chi connectivity index (χ4n) is 1.74. The van der Waals surface area contributed by atoms with Crippen LogP contribution in [0.5, 0.6) is 0 Å². The van der Waals surface area contributed by atoms with E-state index in [0.717, 1.165) is 26.1 Å². The molecule has 12 heavy (non-hydrogen) atoms. The molecular formula is C8H16O3Si. The first kappa shape index (κ1) is 8.68. The van der Waals surface area contributed by atoms with Crippen molar-refractivity contribution in [2.24, 2.45) is 0 Å². The normalized spacial score (nSPS) is 41.8. The summed E-state index contributed by atoms with van der Waals surface area (Å²) in [5, 5.41) is 0. The molecule has 0 unspecified atom stereocenters. The van der Waals surface area contributed by atoms with Crippen LogP contribution in [0.25, 0.3) is 0 Å². The Balaban J connectivity index is 2.12. The molecule has 4 heteroatoms. The molecule has 0 aliphatic carbocycles. The standard InChI is InChI=1S/C8H16O3Si/c1-7(2)12-9-5-3-8(11-12)4-6-10-12/h7-8H,3-6H2,1-2H3. The Hall–Kier alpha value is 0.0969. The predicted octanol–water partition coefficient (Wildman–Crippen LogP) is 1.56. The molecular weight excluding hydrogens is 172 g/mol. The molecule has 0 spiro atoms. The minimum Gasteiger partial charge on any atom is -0.373 e. The highest BCUT2D eigenvalue weighted by molar-refractivity contribution is 6.62. The van der Waals surface area contributed by atoms with Crippen molar-refractivity contribution in [3.63, 3.8) is 0 Å². The zero-order valence-corrected chi connectivity index (χ0v) is 8.71. The van der Waals surface area contributed by atoms with Gasteiger partial charge in [0.05, 0.1) is 6.10 Å². The topological polar surface area (TPSA) is 27.7 Å². The maximum atomic E-state index is 5.87.